The van der Waals surface area contributed by atoms with Crippen molar-refractivity contribution in [3.05, 3.63) is 121 Å². The Hall–Kier alpha value is -4.60. The van der Waals surface area contributed by atoms with Crippen LogP contribution in [0.15, 0.2) is 92.2 Å². The second-order valence-electron chi connectivity index (χ2n) is 31.7. The first-order chi connectivity index (χ1) is 33.0. The van der Waals surface area contributed by atoms with Crippen molar-refractivity contribution < 1.29 is 0 Å². The Kier molecular flexibility index (Phi) is 37.7. The minimum atomic E-state index is 0.00819. The third-order valence-electron chi connectivity index (χ3n) is 6.50. The lowest BCUT2D eigenvalue weighted by atomic mass is 9.92. The van der Waals surface area contributed by atoms with E-state index < -0.39 is 0 Å². The summed E-state index contributed by atoms with van der Waals surface area (Å²) in [7, 11) is 0. The number of pyridine rings is 1. The lowest BCUT2D eigenvalue weighted by molar-refractivity contribution is 0.469. The molecule has 0 aromatic carbocycles. The Morgan fingerprint density at radius 1 is 0.240 bits per heavy atom. The summed E-state index contributed by atoms with van der Waals surface area (Å²) in [6, 6.07) is 11.7. The Bertz CT molecular complexity index is 1650. The van der Waals surface area contributed by atoms with Gasteiger partial charge in [0.2, 0.25) is 0 Å². The molecule has 0 N–H and O–H groups in total. The number of hydrogen-bond donors (Lipinski definition) is 0. The van der Waals surface area contributed by atoms with E-state index in [1.165, 1.54) is 0 Å². The van der Waals surface area contributed by atoms with Crippen LogP contribution in [0.5, 0.6) is 0 Å². The van der Waals surface area contributed by atoms with E-state index in [-0.39, 0.29) is 27.1 Å². The average molecular weight is 1040 g/mol. The first-order valence-electron chi connectivity index (χ1n) is 26.9. The molecule has 0 saturated heterocycles. The molecule has 10 nitrogen and oxygen atoms in total. The molecule has 5 aromatic rings. The van der Waals surface area contributed by atoms with Crippen LogP contribution in [-0.4, -0.2) is 50.3 Å². The first kappa shape index (κ1) is 79.3. The lowest BCUT2D eigenvalue weighted by Gasteiger charge is -2.16. The first-order valence-corrected chi connectivity index (χ1v) is 26.9. The maximum absolute atomic E-state index is 4.25. The predicted molar refractivity (Wildman–Crippen MR) is 329 cm³/mol. The minimum Gasteiger partial charge on any atom is -0.261 e. The normalized spacial score (nSPS) is 11.7. The summed E-state index contributed by atoms with van der Waals surface area (Å²) in [5.41, 5.74) is 6.22. The highest BCUT2D eigenvalue weighted by molar-refractivity contribution is 5.13. The highest BCUT2D eigenvalue weighted by Crippen LogP contribution is 2.20. The van der Waals surface area contributed by atoms with E-state index in [1.54, 1.807) is 49.6 Å². The molecular formula is C65H120N10. The van der Waals surface area contributed by atoms with Gasteiger partial charge in [0.15, 0.2) is 5.82 Å². The van der Waals surface area contributed by atoms with Gasteiger partial charge in [0, 0.05) is 82.3 Å². The van der Waals surface area contributed by atoms with E-state index in [2.05, 4.69) is 299 Å². The van der Waals surface area contributed by atoms with Gasteiger partial charge in [-0.25, -0.2) is 15.0 Å². The van der Waals surface area contributed by atoms with Crippen molar-refractivity contribution in [2.24, 2.45) is 27.1 Å². The highest BCUT2D eigenvalue weighted by Gasteiger charge is 2.18. The molecule has 0 aliphatic heterocycles. The molecule has 0 amide bonds. The van der Waals surface area contributed by atoms with E-state index in [4.69, 9.17) is 0 Å². The Balaban J connectivity index is -0.000000246. The zero-order valence-corrected chi connectivity index (χ0v) is 55.6. The van der Waals surface area contributed by atoms with Crippen molar-refractivity contribution in [2.75, 3.05) is 0 Å². The quantitative estimate of drug-likeness (QED) is 0.148. The predicted octanol–water partition coefficient (Wildman–Crippen LogP) is 19.1. The second-order valence-corrected chi connectivity index (χ2v) is 31.7. The number of hydrogen-bond acceptors (Lipinski definition) is 10. The average Bonchev–Trinajstić information content (AvgIpc) is 3.19. The monoisotopic (exact) mass is 1040 g/mol. The van der Waals surface area contributed by atoms with E-state index in [9.17, 15) is 0 Å². The van der Waals surface area contributed by atoms with E-state index in [0.717, 1.165) is 28.7 Å². The summed E-state index contributed by atoms with van der Waals surface area (Å²) in [6.07, 6.45) is 15.5. The third kappa shape index (κ3) is 73.7. The molecule has 0 bridgehead atoms. The van der Waals surface area contributed by atoms with Crippen LogP contribution in [0.4, 0.5) is 0 Å². The molecule has 10 heteroatoms. The molecular weight excluding hydrogens is 921 g/mol. The van der Waals surface area contributed by atoms with Gasteiger partial charge < -0.3 is 0 Å². The molecule has 0 saturated carbocycles. The molecule has 0 atom stereocenters. The van der Waals surface area contributed by atoms with Gasteiger partial charge >= 0.3 is 0 Å². The van der Waals surface area contributed by atoms with Crippen LogP contribution >= 0.6 is 0 Å². The number of nitrogens with zero attached hydrogens (tertiary/aromatic N) is 10. The molecule has 0 unspecified atom stereocenters. The van der Waals surface area contributed by atoms with Crippen molar-refractivity contribution in [1.82, 2.24) is 50.3 Å². The summed E-state index contributed by atoms with van der Waals surface area (Å²) in [5.74, 6) is 1.69. The van der Waals surface area contributed by atoms with Crippen molar-refractivity contribution in [3.63, 3.8) is 0 Å². The van der Waals surface area contributed by atoms with Crippen molar-refractivity contribution in [2.45, 2.75) is 269 Å². The van der Waals surface area contributed by atoms with Gasteiger partial charge in [0.1, 0.15) is 5.82 Å². The standard InChI is InChI=1S/C9H13N.3C8H12N2.C7H11N3.5C5H12/c1-9(2,3)8-6-4-5-7-10-8;1-8(2,3)7-6-9-4-5-10-7;1-8(2,3)7-9-5-4-6-10-7;1-8(2,3)7-5-4-6-9-10-7;1-7(2,3)6-8-4-5-9-10-6;5*1-5(2,3)4/h4-7H,1-3H3;3*4-6H,1-3H3;4-5H,1-3H3;5*1-4H3. The molecule has 0 aliphatic rings. The molecule has 430 valence electrons. The Morgan fingerprint density at radius 3 is 0.760 bits per heavy atom. The zero-order chi connectivity index (χ0) is 60.6. The van der Waals surface area contributed by atoms with E-state index in [0.29, 0.717) is 27.1 Å². The zero-order valence-electron chi connectivity index (χ0n) is 55.6. The molecule has 0 aliphatic carbocycles. The molecule has 5 aromatic heterocycles. The van der Waals surface area contributed by atoms with Crippen LogP contribution < -0.4 is 0 Å². The molecule has 0 radical (unpaired) electrons. The second kappa shape index (κ2) is 35.7. The van der Waals surface area contributed by atoms with Crippen LogP contribution in [-0.2, 0) is 27.1 Å². The molecule has 75 heavy (non-hydrogen) atoms. The Labute approximate surface area is 465 Å². The summed E-state index contributed by atoms with van der Waals surface area (Å²) in [5, 5.41) is 15.4. The van der Waals surface area contributed by atoms with Crippen LogP contribution in [0.1, 0.15) is 271 Å². The SMILES string of the molecule is CC(C)(C)C.CC(C)(C)C.CC(C)(C)C.CC(C)(C)C.CC(C)(C)C.CC(C)(C)c1ccccn1.CC(C)(C)c1cccnn1.CC(C)(C)c1cnccn1.CC(C)(C)c1ncccn1.CC(C)(C)c1nccnn1. The fourth-order valence-electron chi connectivity index (χ4n) is 3.47. The number of aromatic nitrogens is 10. The van der Waals surface area contributed by atoms with Crippen LogP contribution in [0.2, 0.25) is 0 Å². The lowest BCUT2D eigenvalue weighted by Crippen LogP contribution is -2.15. The Morgan fingerprint density at radius 2 is 0.560 bits per heavy atom. The van der Waals surface area contributed by atoms with Crippen LogP contribution in [0, 0.1) is 27.1 Å². The minimum absolute atomic E-state index is 0.00819. The summed E-state index contributed by atoms with van der Waals surface area (Å²) < 4.78 is 0. The number of rotatable bonds is 0. The molecule has 5 rings (SSSR count). The van der Waals surface area contributed by atoms with Gasteiger partial charge in [-0.2, -0.15) is 15.3 Å². The fourth-order valence-corrected chi connectivity index (χ4v) is 3.47. The molecule has 0 spiro atoms. The summed E-state index contributed by atoms with van der Waals surface area (Å²) >= 11 is 0. The maximum atomic E-state index is 4.25. The smallest absolute Gasteiger partial charge is 0.156 e. The summed E-state index contributed by atoms with van der Waals surface area (Å²) in [4.78, 5) is 24.8. The third-order valence-corrected chi connectivity index (χ3v) is 6.50. The van der Waals surface area contributed by atoms with Gasteiger partial charge in [-0.05, 0) is 57.4 Å². The van der Waals surface area contributed by atoms with Gasteiger partial charge in [-0.3, -0.25) is 15.0 Å². The van der Waals surface area contributed by atoms with Crippen molar-refractivity contribution >= 4 is 0 Å². The van der Waals surface area contributed by atoms with Gasteiger partial charge in [-0.1, -0.05) is 248 Å². The van der Waals surface area contributed by atoms with Gasteiger partial charge in [0.25, 0.3) is 0 Å². The van der Waals surface area contributed by atoms with E-state index >= 15 is 0 Å². The highest BCUT2D eigenvalue weighted by atomic mass is 15.1. The topological polar surface area (TPSA) is 129 Å². The van der Waals surface area contributed by atoms with Crippen LogP contribution in [0.3, 0.4) is 0 Å². The van der Waals surface area contributed by atoms with Crippen LogP contribution in [0.25, 0.3) is 0 Å². The van der Waals surface area contributed by atoms with Gasteiger partial charge in [-0.15, -0.1) is 5.10 Å². The molecule has 5 heterocycles. The maximum Gasteiger partial charge on any atom is 0.156 e. The molecule has 0 fully saturated rings. The van der Waals surface area contributed by atoms with Gasteiger partial charge in [0.05, 0.1) is 17.6 Å². The van der Waals surface area contributed by atoms with Crippen molar-refractivity contribution in [3.8, 4) is 0 Å². The summed E-state index contributed by atoms with van der Waals surface area (Å²) in [6.45, 7) is 75.4. The van der Waals surface area contributed by atoms with Crippen molar-refractivity contribution in [1.29, 1.82) is 0 Å². The van der Waals surface area contributed by atoms with E-state index in [1.807, 2.05) is 36.5 Å². The fraction of sp³-hybridized carbons (Fsp3) is 0.692. The largest absolute Gasteiger partial charge is 0.261 e.